The van der Waals surface area contributed by atoms with Gasteiger partial charge in [0, 0.05) is 11.8 Å². The summed E-state index contributed by atoms with van der Waals surface area (Å²) in [5, 5.41) is 5.11. The number of pyridine rings is 1. The van der Waals surface area contributed by atoms with E-state index in [1.807, 2.05) is 18.3 Å². The summed E-state index contributed by atoms with van der Waals surface area (Å²) >= 11 is 0. The summed E-state index contributed by atoms with van der Waals surface area (Å²) in [5.41, 5.74) is 7.17. The maximum absolute atomic E-state index is 4.50. The fourth-order valence-corrected chi connectivity index (χ4v) is 4.70. The highest BCUT2D eigenvalue weighted by atomic mass is 14.7. The van der Waals surface area contributed by atoms with Crippen LogP contribution >= 0.6 is 0 Å². The minimum Gasteiger partial charge on any atom is -0.256 e. The van der Waals surface area contributed by atoms with Crippen LogP contribution in [0.2, 0.25) is 0 Å². The SMILES string of the molecule is c1ccc(-c2c3ccccc3c(-c3ccc(-c4ccccn4)cc3)c3ccccc23)cc1. The molecule has 0 saturated carbocycles. The lowest BCUT2D eigenvalue weighted by molar-refractivity contribution is 1.33. The van der Waals surface area contributed by atoms with Crippen molar-refractivity contribution in [1.29, 1.82) is 0 Å². The second-order valence-corrected chi connectivity index (χ2v) is 8.00. The van der Waals surface area contributed by atoms with E-state index in [-0.39, 0.29) is 0 Å². The standard InChI is InChI=1S/C31H21N/c1-2-10-23(11-3-1)30-25-12-4-6-14-27(25)31(28-15-7-5-13-26(28)30)24-19-17-22(18-20-24)29-16-8-9-21-32-29/h1-21H. The van der Waals surface area contributed by atoms with Crippen LogP contribution in [0.25, 0.3) is 55.1 Å². The van der Waals surface area contributed by atoms with Gasteiger partial charge in [0.05, 0.1) is 5.69 Å². The van der Waals surface area contributed by atoms with Gasteiger partial charge >= 0.3 is 0 Å². The van der Waals surface area contributed by atoms with Crippen LogP contribution in [-0.2, 0) is 0 Å². The molecule has 6 aromatic rings. The van der Waals surface area contributed by atoms with Gasteiger partial charge in [0.15, 0.2) is 0 Å². The molecule has 1 aromatic heterocycles. The van der Waals surface area contributed by atoms with Crippen molar-refractivity contribution in [3.05, 3.63) is 128 Å². The Morgan fingerprint density at radius 2 is 0.781 bits per heavy atom. The molecule has 6 rings (SSSR count). The Hall–Kier alpha value is -4.23. The van der Waals surface area contributed by atoms with E-state index >= 15 is 0 Å². The van der Waals surface area contributed by atoms with Crippen LogP contribution in [0.15, 0.2) is 128 Å². The lowest BCUT2D eigenvalue weighted by atomic mass is 9.86. The highest BCUT2D eigenvalue weighted by molar-refractivity contribution is 6.21. The van der Waals surface area contributed by atoms with Crippen LogP contribution in [0, 0.1) is 0 Å². The van der Waals surface area contributed by atoms with Crippen molar-refractivity contribution in [2.45, 2.75) is 0 Å². The average molecular weight is 408 g/mol. The molecule has 150 valence electrons. The summed E-state index contributed by atoms with van der Waals surface area (Å²) in [6.07, 6.45) is 1.84. The Labute approximate surface area is 187 Å². The summed E-state index contributed by atoms with van der Waals surface area (Å²) in [6.45, 7) is 0. The number of fused-ring (bicyclic) bond motifs is 2. The van der Waals surface area contributed by atoms with Crippen molar-refractivity contribution in [1.82, 2.24) is 4.98 Å². The van der Waals surface area contributed by atoms with Gasteiger partial charge in [-0.3, -0.25) is 4.98 Å². The molecule has 1 heterocycles. The molecule has 0 N–H and O–H groups in total. The van der Waals surface area contributed by atoms with E-state index in [2.05, 4.69) is 114 Å². The molecule has 0 spiro atoms. The van der Waals surface area contributed by atoms with Gasteiger partial charge in [-0.2, -0.15) is 0 Å². The molecule has 0 saturated heterocycles. The molecule has 32 heavy (non-hydrogen) atoms. The predicted octanol–water partition coefficient (Wildman–Crippen LogP) is 8.39. The van der Waals surface area contributed by atoms with E-state index in [1.165, 1.54) is 43.8 Å². The second-order valence-electron chi connectivity index (χ2n) is 8.00. The zero-order valence-electron chi connectivity index (χ0n) is 17.6. The van der Waals surface area contributed by atoms with E-state index in [9.17, 15) is 0 Å². The van der Waals surface area contributed by atoms with Gasteiger partial charge in [0.1, 0.15) is 0 Å². The van der Waals surface area contributed by atoms with Crippen LogP contribution in [0.1, 0.15) is 0 Å². The zero-order valence-corrected chi connectivity index (χ0v) is 17.6. The number of benzene rings is 5. The van der Waals surface area contributed by atoms with Crippen LogP contribution in [0.4, 0.5) is 0 Å². The quantitative estimate of drug-likeness (QED) is 0.268. The highest BCUT2D eigenvalue weighted by Crippen LogP contribution is 2.43. The van der Waals surface area contributed by atoms with Gasteiger partial charge in [-0.1, -0.05) is 109 Å². The Balaban J connectivity index is 1.65. The largest absolute Gasteiger partial charge is 0.256 e. The van der Waals surface area contributed by atoms with Crippen molar-refractivity contribution < 1.29 is 0 Å². The van der Waals surface area contributed by atoms with Gasteiger partial charge in [0.2, 0.25) is 0 Å². The van der Waals surface area contributed by atoms with E-state index in [4.69, 9.17) is 0 Å². The molecule has 0 aliphatic rings. The summed E-state index contributed by atoms with van der Waals surface area (Å²) in [4.78, 5) is 4.50. The van der Waals surface area contributed by atoms with Gasteiger partial charge in [-0.15, -0.1) is 0 Å². The maximum atomic E-state index is 4.50. The van der Waals surface area contributed by atoms with Crippen molar-refractivity contribution in [3.8, 4) is 33.5 Å². The molecule has 5 aromatic carbocycles. The van der Waals surface area contributed by atoms with Crippen LogP contribution in [-0.4, -0.2) is 4.98 Å². The first-order valence-electron chi connectivity index (χ1n) is 10.9. The van der Waals surface area contributed by atoms with Crippen LogP contribution in [0.5, 0.6) is 0 Å². The third-order valence-electron chi connectivity index (χ3n) is 6.13. The summed E-state index contributed by atoms with van der Waals surface area (Å²) < 4.78 is 0. The van der Waals surface area contributed by atoms with Crippen molar-refractivity contribution in [3.63, 3.8) is 0 Å². The molecule has 0 amide bonds. The molecule has 1 nitrogen and oxygen atoms in total. The summed E-state index contributed by atoms with van der Waals surface area (Å²) in [5.74, 6) is 0. The predicted molar refractivity (Wildman–Crippen MR) is 136 cm³/mol. The van der Waals surface area contributed by atoms with Gasteiger partial charge in [-0.05, 0) is 55.9 Å². The van der Waals surface area contributed by atoms with E-state index in [0.717, 1.165) is 11.3 Å². The molecule has 0 radical (unpaired) electrons. The topological polar surface area (TPSA) is 12.9 Å². The van der Waals surface area contributed by atoms with Gasteiger partial charge in [0.25, 0.3) is 0 Å². The van der Waals surface area contributed by atoms with E-state index in [1.54, 1.807) is 0 Å². The van der Waals surface area contributed by atoms with Crippen molar-refractivity contribution in [2.75, 3.05) is 0 Å². The minimum atomic E-state index is 0.994. The first-order chi connectivity index (χ1) is 15.9. The van der Waals surface area contributed by atoms with Crippen LogP contribution < -0.4 is 0 Å². The molecule has 0 fully saturated rings. The average Bonchev–Trinajstić information content (AvgIpc) is 2.88. The Morgan fingerprint density at radius 1 is 0.344 bits per heavy atom. The zero-order chi connectivity index (χ0) is 21.3. The molecule has 0 aliphatic heterocycles. The normalized spacial score (nSPS) is 11.1. The van der Waals surface area contributed by atoms with Crippen molar-refractivity contribution >= 4 is 21.5 Å². The number of hydrogen-bond acceptors (Lipinski definition) is 1. The number of hydrogen-bond donors (Lipinski definition) is 0. The molecule has 0 bridgehead atoms. The summed E-state index contributed by atoms with van der Waals surface area (Å²) in [7, 11) is 0. The number of nitrogens with zero attached hydrogens (tertiary/aromatic N) is 1. The number of rotatable bonds is 3. The first-order valence-corrected chi connectivity index (χ1v) is 10.9. The first kappa shape index (κ1) is 18.5. The fourth-order valence-electron chi connectivity index (χ4n) is 4.70. The molecule has 0 atom stereocenters. The second kappa shape index (κ2) is 7.79. The lowest BCUT2D eigenvalue weighted by Gasteiger charge is -2.17. The molecule has 0 unspecified atom stereocenters. The van der Waals surface area contributed by atoms with E-state index in [0.29, 0.717) is 0 Å². The third-order valence-corrected chi connectivity index (χ3v) is 6.13. The lowest BCUT2D eigenvalue weighted by Crippen LogP contribution is -1.91. The molecule has 0 aliphatic carbocycles. The molecular weight excluding hydrogens is 386 g/mol. The maximum Gasteiger partial charge on any atom is 0.0701 e. The monoisotopic (exact) mass is 407 g/mol. The molecular formula is C31H21N. The van der Waals surface area contributed by atoms with Gasteiger partial charge in [-0.25, -0.2) is 0 Å². The van der Waals surface area contributed by atoms with Crippen LogP contribution in [0.3, 0.4) is 0 Å². The van der Waals surface area contributed by atoms with E-state index < -0.39 is 0 Å². The fraction of sp³-hybridized carbons (Fsp3) is 0. The third kappa shape index (κ3) is 3.07. The van der Waals surface area contributed by atoms with Gasteiger partial charge < -0.3 is 0 Å². The molecule has 1 heteroatoms. The van der Waals surface area contributed by atoms with Crippen molar-refractivity contribution in [2.24, 2.45) is 0 Å². The smallest absolute Gasteiger partial charge is 0.0701 e. The highest BCUT2D eigenvalue weighted by Gasteiger charge is 2.16. The Kier molecular flexibility index (Phi) is 4.51. The Bertz CT molecular complexity index is 1480. The Morgan fingerprint density at radius 3 is 1.28 bits per heavy atom. The minimum absolute atomic E-state index is 0.994. The summed E-state index contributed by atoms with van der Waals surface area (Å²) in [6, 6.07) is 43.1. The number of aromatic nitrogens is 1.